The van der Waals surface area contributed by atoms with Crippen LogP contribution in [0.2, 0.25) is 0 Å². The van der Waals surface area contributed by atoms with Crippen LogP contribution >= 0.6 is 0 Å². The first kappa shape index (κ1) is 17.2. The molecule has 118 valence electrons. The Hall–Kier alpha value is -0.850. The first-order valence-electron chi connectivity index (χ1n) is 6.80. The number of carbonyl (C=O) groups is 1. The van der Waals surface area contributed by atoms with E-state index in [1.54, 1.807) is 11.9 Å². The van der Waals surface area contributed by atoms with Crippen molar-refractivity contribution in [2.24, 2.45) is 5.92 Å². The maximum absolute atomic E-state index is 12.5. The lowest BCUT2D eigenvalue weighted by atomic mass is 10.1. The van der Waals surface area contributed by atoms with Crippen LogP contribution in [0.4, 0.5) is 17.6 Å². The molecule has 7 heteroatoms. The number of nitrogens with zero attached hydrogens (tertiary/aromatic N) is 1. The van der Waals surface area contributed by atoms with E-state index in [9.17, 15) is 22.4 Å². The van der Waals surface area contributed by atoms with Crippen LogP contribution in [-0.2, 0) is 9.53 Å². The van der Waals surface area contributed by atoms with Gasteiger partial charge in [0, 0.05) is 13.6 Å². The fraction of sp³-hybridized carbons (Fsp3) is 0.923. The maximum atomic E-state index is 12.5. The SMILES string of the molecule is CN(CC1CCCC1)C(=O)CCOCC(F)(F)C(F)F. The van der Waals surface area contributed by atoms with Crippen molar-refractivity contribution in [2.45, 2.75) is 44.5 Å². The highest BCUT2D eigenvalue weighted by Gasteiger charge is 2.40. The van der Waals surface area contributed by atoms with Gasteiger partial charge in [-0.3, -0.25) is 4.79 Å². The van der Waals surface area contributed by atoms with E-state index in [1.165, 1.54) is 12.8 Å². The van der Waals surface area contributed by atoms with Crippen LogP contribution < -0.4 is 0 Å². The van der Waals surface area contributed by atoms with Gasteiger partial charge in [-0.1, -0.05) is 12.8 Å². The average molecular weight is 299 g/mol. The van der Waals surface area contributed by atoms with Crippen LogP contribution in [0, 0.1) is 5.92 Å². The molecule has 0 aromatic carbocycles. The molecule has 1 rings (SSSR count). The second-order valence-corrected chi connectivity index (χ2v) is 5.29. The van der Waals surface area contributed by atoms with Gasteiger partial charge in [0.1, 0.15) is 6.61 Å². The Morgan fingerprint density at radius 1 is 1.35 bits per heavy atom. The molecule has 0 N–H and O–H groups in total. The first-order chi connectivity index (χ1) is 9.33. The molecule has 20 heavy (non-hydrogen) atoms. The summed E-state index contributed by atoms with van der Waals surface area (Å²) in [4.78, 5) is 13.3. The zero-order chi connectivity index (χ0) is 15.2. The van der Waals surface area contributed by atoms with Crippen molar-refractivity contribution in [3.63, 3.8) is 0 Å². The van der Waals surface area contributed by atoms with E-state index in [0.29, 0.717) is 12.5 Å². The molecule has 0 radical (unpaired) electrons. The van der Waals surface area contributed by atoms with Crippen LogP contribution in [0.15, 0.2) is 0 Å². The molecule has 1 aliphatic rings. The van der Waals surface area contributed by atoms with Crippen LogP contribution in [0.25, 0.3) is 0 Å². The largest absolute Gasteiger partial charge is 0.374 e. The second-order valence-electron chi connectivity index (χ2n) is 5.29. The van der Waals surface area contributed by atoms with Crippen molar-refractivity contribution in [2.75, 3.05) is 26.8 Å². The number of amides is 1. The van der Waals surface area contributed by atoms with E-state index in [-0.39, 0.29) is 18.9 Å². The minimum absolute atomic E-state index is 0.0669. The van der Waals surface area contributed by atoms with E-state index in [1.807, 2.05) is 0 Å². The van der Waals surface area contributed by atoms with E-state index < -0.39 is 19.0 Å². The van der Waals surface area contributed by atoms with Crippen molar-refractivity contribution in [1.82, 2.24) is 4.90 Å². The lowest BCUT2D eigenvalue weighted by Gasteiger charge is -2.21. The minimum Gasteiger partial charge on any atom is -0.374 e. The van der Waals surface area contributed by atoms with Crippen LogP contribution in [0.1, 0.15) is 32.1 Å². The fourth-order valence-corrected chi connectivity index (χ4v) is 2.30. The van der Waals surface area contributed by atoms with Gasteiger partial charge in [0.25, 0.3) is 0 Å². The number of alkyl halides is 4. The smallest absolute Gasteiger partial charge is 0.330 e. The maximum Gasteiger partial charge on any atom is 0.330 e. The molecule has 1 fully saturated rings. The highest BCUT2D eigenvalue weighted by Crippen LogP contribution is 2.25. The monoisotopic (exact) mass is 299 g/mol. The van der Waals surface area contributed by atoms with E-state index in [4.69, 9.17) is 0 Å². The molecule has 1 amide bonds. The highest BCUT2D eigenvalue weighted by atomic mass is 19.3. The molecule has 1 saturated carbocycles. The van der Waals surface area contributed by atoms with Gasteiger partial charge < -0.3 is 9.64 Å². The van der Waals surface area contributed by atoms with Crippen molar-refractivity contribution >= 4 is 5.91 Å². The topological polar surface area (TPSA) is 29.5 Å². The summed E-state index contributed by atoms with van der Waals surface area (Å²) in [5.74, 6) is -3.86. The number of ether oxygens (including phenoxy) is 1. The van der Waals surface area contributed by atoms with Gasteiger partial charge in [0.2, 0.25) is 5.91 Å². The van der Waals surface area contributed by atoms with Gasteiger partial charge in [-0.15, -0.1) is 0 Å². The Balaban J connectivity index is 2.16. The summed E-state index contributed by atoms with van der Waals surface area (Å²) in [6.07, 6.45) is 0.756. The predicted octanol–water partition coefficient (Wildman–Crippen LogP) is 2.94. The van der Waals surface area contributed by atoms with Crippen molar-refractivity contribution in [1.29, 1.82) is 0 Å². The number of halogens is 4. The number of hydrogen-bond donors (Lipinski definition) is 0. The standard InChI is InChI=1S/C13H21F4NO2/c1-18(8-10-4-2-3-5-10)11(19)6-7-20-9-13(16,17)12(14)15/h10,12H,2-9H2,1H3. The quantitative estimate of drug-likeness (QED) is 0.509. The fourth-order valence-electron chi connectivity index (χ4n) is 2.30. The van der Waals surface area contributed by atoms with Crippen molar-refractivity contribution in [3.8, 4) is 0 Å². The van der Waals surface area contributed by atoms with Crippen LogP contribution in [-0.4, -0.2) is 50.0 Å². The van der Waals surface area contributed by atoms with Gasteiger partial charge in [-0.2, -0.15) is 8.78 Å². The van der Waals surface area contributed by atoms with Crippen molar-refractivity contribution < 1.29 is 27.1 Å². The second kappa shape index (κ2) is 7.81. The molecule has 1 aliphatic carbocycles. The van der Waals surface area contributed by atoms with E-state index >= 15 is 0 Å². The zero-order valence-electron chi connectivity index (χ0n) is 11.6. The van der Waals surface area contributed by atoms with Gasteiger partial charge >= 0.3 is 12.3 Å². The third-order valence-electron chi connectivity index (χ3n) is 3.51. The molecule has 0 saturated heterocycles. The summed E-state index contributed by atoms with van der Waals surface area (Å²) in [5, 5.41) is 0. The Morgan fingerprint density at radius 2 is 1.95 bits per heavy atom. The Labute approximate surface area is 116 Å². The van der Waals surface area contributed by atoms with E-state index in [2.05, 4.69) is 4.74 Å². The molecule has 0 unspecified atom stereocenters. The molecule has 0 spiro atoms. The lowest BCUT2D eigenvalue weighted by Crippen LogP contribution is -2.34. The highest BCUT2D eigenvalue weighted by molar-refractivity contribution is 5.75. The molecule has 0 heterocycles. The van der Waals surface area contributed by atoms with E-state index in [0.717, 1.165) is 12.8 Å². The average Bonchev–Trinajstić information content (AvgIpc) is 2.86. The molecule has 0 atom stereocenters. The zero-order valence-corrected chi connectivity index (χ0v) is 11.6. The Bertz CT molecular complexity index is 307. The molecular weight excluding hydrogens is 278 g/mol. The molecule has 0 aliphatic heterocycles. The summed E-state index contributed by atoms with van der Waals surface area (Å²) in [6.45, 7) is -0.966. The summed E-state index contributed by atoms with van der Waals surface area (Å²) in [5.41, 5.74) is 0. The van der Waals surface area contributed by atoms with Gasteiger partial charge in [-0.05, 0) is 18.8 Å². The minimum atomic E-state index is -4.15. The van der Waals surface area contributed by atoms with Gasteiger partial charge in [0.15, 0.2) is 0 Å². The normalized spacial score (nSPS) is 16.9. The Kier molecular flexibility index (Phi) is 6.71. The molecular formula is C13H21F4NO2. The summed E-state index contributed by atoms with van der Waals surface area (Å²) in [6, 6.07) is 0. The molecule has 0 aromatic rings. The number of hydrogen-bond acceptors (Lipinski definition) is 2. The summed E-state index contributed by atoms with van der Waals surface area (Å²) >= 11 is 0. The molecule has 0 bridgehead atoms. The molecule has 3 nitrogen and oxygen atoms in total. The van der Waals surface area contributed by atoms with Crippen LogP contribution in [0.3, 0.4) is 0 Å². The Morgan fingerprint density at radius 3 is 2.50 bits per heavy atom. The van der Waals surface area contributed by atoms with Gasteiger partial charge in [0.05, 0.1) is 13.0 Å². The predicted molar refractivity (Wildman–Crippen MR) is 66.0 cm³/mol. The van der Waals surface area contributed by atoms with Gasteiger partial charge in [-0.25, -0.2) is 8.78 Å². The summed E-state index contributed by atoms with van der Waals surface area (Å²) in [7, 11) is 1.66. The van der Waals surface area contributed by atoms with Crippen molar-refractivity contribution in [3.05, 3.63) is 0 Å². The number of rotatable bonds is 8. The van der Waals surface area contributed by atoms with Crippen LogP contribution in [0.5, 0.6) is 0 Å². The first-order valence-corrected chi connectivity index (χ1v) is 6.80. The lowest BCUT2D eigenvalue weighted by molar-refractivity contribution is -0.167. The molecule has 0 aromatic heterocycles. The number of carbonyl (C=O) groups excluding carboxylic acids is 1. The summed E-state index contributed by atoms with van der Waals surface area (Å²) < 4.78 is 53.2. The third-order valence-corrected chi connectivity index (χ3v) is 3.51. The third kappa shape index (κ3) is 5.64.